The molecule has 0 atom stereocenters. The SMILES string of the molecule is Cc1nc(CN)ncc1Br. The Morgan fingerprint density at radius 3 is 2.90 bits per heavy atom. The quantitative estimate of drug-likeness (QED) is 0.739. The van der Waals surface area contributed by atoms with E-state index in [2.05, 4.69) is 25.9 Å². The monoisotopic (exact) mass is 201 g/mol. The van der Waals surface area contributed by atoms with Crippen molar-refractivity contribution in [3.63, 3.8) is 0 Å². The molecule has 2 N–H and O–H groups in total. The topological polar surface area (TPSA) is 51.8 Å². The molecule has 0 spiro atoms. The van der Waals surface area contributed by atoms with E-state index in [4.69, 9.17) is 5.73 Å². The van der Waals surface area contributed by atoms with Crippen molar-refractivity contribution in [2.75, 3.05) is 0 Å². The fraction of sp³-hybridized carbons (Fsp3) is 0.333. The zero-order valence-electron chi connectivity index (χ0n) is 5.63. The van der Waals surface area contributed by atoms with Gasteiger partial charge in [-0.25, -0.2) is 9.97 Å². The summed E-state index contributed by atoms with van der Waals surface area (Å²) in [5, 5.41) is 0. The molecule has 0 saturated heterocycles. The summed E-state index contributed by atoms with van der Waals surface area (Å²) in [6.07, 6.45) is 1.71. The molecule has 3 nitrogen and oxygen atoms in total. The summed E-state index contributed by atoms with van der Waals surface area (Å²) < 4.78 is 0.921. The molecule has 1 aromatic rings. The molecular weight excluding hydrogens is 194 g/mol. The molecule has 0 aromatic carbocycles. The van der Waals surface area contributed by atoms with Crippen LogP contribution in [-0.2, 0) is 6.54 Å². The third-order valence-corrected chi connectivity index (χ3v) is 1.93. The molecule has 0 saturated carbocycles. The Balaban J connectivity index is 3.04. The van der Waals surface area contributed by atoms with Gasteiger partial charge < -0.3 is 5.73 Å². The molecule has 10 heavy (non-hydrogen) atoms. The minimum atomic E-state index is 0.397. The predicted molar refractivity (Wildman–Crippen MR) is 42.4 cm³/mol. The summed E-state index contributed by atoms with van der Waals surface area (Å²) >= 11 is 3.29. The molecule has 4 heteroatoms. The number of nitrogens with zero attached hydrogens (tertiary/aromatic N) is 2. The highest BCUT2D eigenvalue weighted by Crippen LogP contribution is 2.10. The van der Waals surface area contributed by atoms with Crippen LogP contribution in [0.2, 0.25) is 0 Å². The predicted octanol–water partition coefficient (Wildman–Crippen LogP) is 1.01. The Morgan fingerprint density at radius 1 is 1.70 bits per heavy atom. The first-order valence-electron chi connectivity index (χ1n) is 2.92. The highest BCUT2D eigenvalue weighted by molar-refractivity contribution is 9.10. The molecule has 0 unspecified atom stereocenters. The maximum atomic E-state index is 5.33. The lowest BCUT2D eigenvalue weighted by molar-refractivity contribution is 0.885. The van der Waals surface area contributed by atoms with Gasteiger partial charge in [-0.15, -0.1) is 0 Å². The maximum absolute atomic E-state index is 5.33. The zero-order chi connectivity index (χ0) is 7.56. The van der Waals surface area contributed by atoms with Crippen molar-refractivity contribution in [2.45, 2.75) is 13.5 Å². The molecule has 1 rings (SSSR count). The molecular formula is C6H8BrN3. The smallest absolute Gasteiger partial charge is 0.142 e. The van der Waals surface area contributed by atoms with Crippen molar-refractivity contribution in [3.05, 3.63) is 22.2 Å². The fourth-order valence-electron chi connectivity index (χ4n) is 0.599. The Hall–Kier alpha value is -0.480. The summed E-state index contributed by atoms with van der Waals surface area (Å²) in [6.45, 7) is 2.30. The van der Waals surface area contributed by atoms with Crippen molar-refractivity contribution < 1.29 is 0 Å². The molecule has 0 bridgehead atoms. The number of aromatic nitrogens is 2. The van der Waals surface area contributed by atoms with Gasteiger partial charge in [-0.1, -0.05) is 0 Å². The van der Waals surface area contributed by atoms with Gasteiger partial charge >= 0.3 is 0 Å². The van der Waals surface area contributed by atoms with Crippen molar-refractivity contribution in [2.24, 2.45) is 5.73 Å². The first-order chi connectivity index (χ1) is 4.74. The van der Waals surface area contributed by atoms with Crippen LogP contribution in [0.25, 0.3) is 0 Å². The molecule has 0 aliphatic carbocycles. The van der Waals surface area contributed by atoms with E-state index in [1.807, 2.05) is 6.92 Å². The summed E-state index contributed by atoms with van der Waals surface area (Å²) in [5.74, 6) is 0.681. The van der Waals surface area contributed by atoms with Crippen molar-refractivity contribution in [3.8, 4) is 0 Å². The lowest BCUT2D eigenvalue weighted by Gasteiger charge is -1.97. The lowest BCUT2D eigenvalue weighted by atomic mass is 10.4. The number of rotatable bonds is 1. The van der Waals surface area contributed by atoms with Gasteiger partial charge in [0, 0.05) is 6.20 Å². The number of nitrogens with two attached hydrogens (primary N) is 1. The average Bonchev–Trinajstić information content (AvgIpc) is 1.95. The van der Waals surface area contributed by atoms with E-state index < -0.39 is 0 Å². The van der Waals surface area contributed by atoms with Gasteiger partial charge in [0.2, 0.25) is 0 Å². The van der Waals surface area contributed by atoms with Crippen LogP contribution in [0.15, 0.2) is 10.7 Å². The van der Waals surface area contributed by atoms with Crippen molar-refractivity contribution in [1.29, 1.82) is 0 Å². The lowest BCUT2D eigenvalue weighted by Crippen LogP contribution is -2.03. The molecule has 0 radical (unpaired) electrons. The number of hydrogen-bond acceptors (Lipinski definition) is 3. The van der Waals surface area contributed by atoms with Crippen LogP contribution in [0.3, 0.4) is 0 Å². The minimum absolute atomic E-state index is 0.397. The molecule has 0 amide bonds. The normalized spacial score (nSPS) is 9.90. The van der Waals surface area contributed by atoms with Gasteiger partial charge in [-0.05, 0) is 22.9 Å². The van der Waals surface area contributed by atoms with Crippen LogP contribution in [0, 0.1) is 6.92 Å². The van der Waals surface area contributed by atoms with Gasteiger partial charge in [-0.2, -0.15) is 0 Å². The second-order valence-electron chi connectivity index (χ2n) is 1.92. The van der Waals surface area contributed by atoms with Gasteiger partial charge in [-0.3, -0.25) is 0 Å². The van der Waals surface area contributed by atoms with Crippen LogP contribution in [0.1, 0.15) is 11.5 Å². The third-order valence-electron chi connectivity index (χ3n) is 1.15. The molecule has 1 heterocycles. The van der Waals surface area contributed by atoms with Crippen molar-refractivity contribution >= 4 is 15.9 Å². The van der Waals surface area contributed by atoms with Gasteiger partial charge in [0.05, 0.1) is 16.7 Å². The Bertz CT molecular complexity index is 236. The second-order valence-corrected chi connectivity index (χ2v) is 2.78. The van der Waals surface area contributed by atoms with E-state index in [1.54, 1.807) is 6.20 Å². The molecule has 0 aliphatic heterocycles. The summed E-state index contributed by atoms with van der Waals surface area (Å²) in [4.78, 5) is 8.08. The van der Waals surface area contributed by atoms with Gasteiger partial charge in [0.1, 0.15) is 5.82 Å². The standard InChI is InChI=1S/C6H8BrN3/c1-4-5(7)3-9-6(2-8)10-4/h3H,2,8H2,1H3. The molecule has 0 fully saturated rings. The van der Waals surface area contributed by atoms with E-state index in [1.165, 1.54) is 0 Å². The van der Waals surface area contributed by atoms with Gasteiger partial charge in [0.15, 0.2) is 0 Å². The summed E-state index contributed by atoms with van der Waals surface area (Å²) in [6, 6.07) is 0. The fourth-order valence-corrected chi connectivity index (χ4v) is 0.790. The molecule has 1 aromatic heterocycles. The van der Waals surface area contributed by atoms with E-state index in [9.17, 15) is 0 Å². The van der Waals surface area contributed by atoms with Crippen molar-refractivity contribution in [1.82, 2.24) is 9.97 Å². The highest BCUT2D eigenvalue weighted by atomic mass is 79.9. The van der Waals surface area contributed by atoms with E-state index in [0.717, 1.165) is 10.2 Å². The maximum Gasteiger partial charge on any atom is 0.142 e. The second kappa shape index (κ2) is 3.07. The highest BCUT2D eigenvalue weighted by Gasteiger charge is 1.96. The largest absolute Gasteiger partial charge is 0.324 e. The van der Waals surface area contributed by atoms with Crippen LogP contribution < -0.4 is 5.73 Å². The van der Waals surface area contributed by atoms with E-state index in [-0.39, 0.29) is 0 Å². The zero-order valence-corrected chi connectivity index (χ0v) is 7.22. The van der Waals surface area contributed by atoms with Crippen LogP contribution in [0.5, 0.6) is 0 Å². The minimum Gasteiger partial charge on any atom is -0.324 e. The van der Waals surface area contributed by atoms with Crippen LogP contribution in [-0.4, -0.2) is 9.97 Å². The first-order valence-corrected chi connectivity index (χ1v) is 3.71. The van der Waals surface area contributed by atoms with E-state index in [0.29, 0.717) is 12.4 Å². The number of halogens is 1. The van der Waals surface area contributed by atoms with Crippen LogP contribution >= 0.6 is 15.9 Å². The van der Waals surface area contributed by atoms with Crippen LogP contribution in [0.4, 0.5) is 0 Å². The molecule has 0 aliphatic rings. The first kappa shape index (κ1) is 7.63. The average molecular weight is 202 g/mol. The Morgan fingerprint density at radius 2 is 2.40 bits per heavy atom. The molecule has 54 valence electrons. The third kappa shape index (κ3) is 1.52. The van der Waals surface area contributed by atoms with Gasteiger partial charge in [0.25, 0.3) is 0 Å². The van der Waals surface area contributed by atoms with E-state index >= 15 is 0 Å². The summed E-state index contributed by atoms with van der Waals surface area (Å²) in [7, 11) is 0. The number of hydrogen-bond donors (Lipinski definition) is 1. The number of aryl methyl sites for hydroxylation is 1. The Kier molecular flexibility index (Phi) is 2.34. The Labute approximate surface area is 67.8 Å². The summed E-state index contributed by atoms with van der Waals surface area (Å²) in [5.41, 5.74) is 6.25.